The van der Waals surface area contributed by atoms with E-state index in [1.807, 2.05) is 0 Å². The lowest BCUT2D eigenvalue weighted by atomic mass is 10.0. The Morgan fingerprint density at radius 2 is 1.96 bits per heavy atom. The number of alkyl halides is 3. The average Bonchev–Trinajstić information content (AvgIpc) is 3.07. The fourth-order valence-corrected chi connectivity index (χ4v) is 5.53. The van der Waals surface area contributed by atoms with Crippen LogP contribution in [0.4, 0.5) is 13.2 Å². The van der Waals surface area contributed by atoms with Gasteiger partial charge in [-0.1, -0.05) is 0 Å². The minimum Gasteiger partial charge on any atom is -0.350 e. The van der Waals surface area contributed by atoms with Crippen molar-refractivity contribution in [2.75, 3.05) is 11.5 Å². The standard InChI is InChI=1S/C16H20F3N5O3S/c1-9-11(4-5-12(25)22-15(3)6-7-28(26,27)8-15)10(2)24-14(20-9)21-13(23-24)16(17,18)19/h4-8H2,1-3H3,(H,22,25). The van der Waals surface area contributed by atoms with Crippen LogP contribution >= 0.6 is 0 Å². The molecule has 2 aromatic rings. The number of sulfone groups is 1. The number of nitrogens with zero attached hydrogens (tertiary/aromatic N) is 4. The molecule has 3 rings (SSSR count). The monoisotopic (exact) mass is 419 g/mol. The van der Waals surface area contributed by atoms with E-state index in [0.29, 0.717) is 23.4 Å². The molecule has 0 saturated carbocycles. The molecule has 1 amide bonds. The normalized spacial score (nSPS) is 21.9. The highest BCUT2D eigenvalue weighted by Crippen LogP contribution is 2.27. The zero-order valence-corrected chi connectivity index (χ0v) is 16.4. The fourth-order valence-electron chi connectivity index (χ4n) is 3.44. The number of halogens is 3. The Hall–Kier alpha value is -2.24. The van der Waals surface area contributed by atoms with Crippen LogP contribution in [0.1, 0.15) is 42.5 Å². The Morgan fingerprint density at radius 3 is 2.54 bits per heavy atom. The summed E-state index contributed by atoms with van der Waals surface area (Å²) in [6, 6.07) is 0. The van der Waals surface area contributed by atoms with E-state index >= 15 is 0 Å². The van der Waals surface area contributed by atoms with E-state index in [1.165, 1.54) is 0 Å². The molecule has 3 heterocycles. The lowest BCUT2D eigenvalue weighted by Gasteiger charge is -2.24. The van der Waals surface area contributed by atoms with Crippen LogP contribution in [0.25, 0.3) is 5.78 Å². The van der Waals surface area contributed by atoms with Crippen molar-refractivity contribution in [3.8, 4) is 0 Å². The molecular formula is C16H20F3N5O3S. The van der Waals surface area contributed by atoms with Crippen LogP contribution in [-0.4, -0.2) is 51.0 Å². The maximum atomic E-state index is 12.8. The van der Waals surface area contributed by atoms with E-state index in [9.17, 15) is 26.4 Å². The van der Waals surface area contributed by atoms with Crippen molar-refractivity contribution in [3.05, 3.63) is 22.8 Å². The van der Waals surface area contributed by atoms with Crippen LogP contribution < -0.4 is 5.32 Å². The summed E-state index contributed by atoms with van der Waals surface area (Å²) >= 11 is 0. The maximum Gasteiger partial charge on any atom is 0.453 e. The van der Waals surface area contributed by atoms with E-state index < -0.39 is 27.4 Å². The number of carbonyl (C=O) groups is 1. The number of carbonyl (C=O) groups excluding carboxylic acids is 1. The predicted octanol–water partition coefficient (Wildman–Crippen LogP) is 1.39. The van der Waals surface area contributed by atoms with Gasteiger partial charge in [0.1, 0.15) is 0 Å². The van der Waals surface area contributed by atoms with Crippen LogP contribution in [0.3, 0.4) is 0 Å². The van der Waals surface area contributed by atoms with Gasteiger partial charge < -0.3 is 5.32 Å². The van der Waals surface area contributed by atoms with E-state index in [4.69, 9.17) is 0 Å². The summed E-state index contributed by atoms with van der Waals surface area (Å²) in [6.07, 6.45) is -4.04. The SMILES string of the molecule is Cc1nc2nc(C(F)(F)F)nn2c(C)c1CCC(=O)NC1(C)CCS(=O)(=O)C1. The first kappa shape index (κ1) is 20.5. The molecule has 2 aromatic heterocycles. The number of aromatic nitrogens is 4. The van der Waals surface area contributed by atoms with Crippen molar-refractivity contribution in [3.63, 3.8) is 0 Å². The van der Waals surface area contributed by atoms with Gasteiger partial charge in [0, 0.05) is 17.8 Å². The molecule has 12 heteroatoms. The van der Waals surface area contributed by atoms with Crippen LogP contribution in [0.15, 0.2) is 0 Å². The van der Waals surface area contributed by atoms with Gasteiger partial charge in [-0.05, 0) is 39.2 Å². The first-order chi connectivity index (χ1) is 12.8. The molecule has 0 radical (unpaired) electrons. The van der Waals surface area contributed by atoms with E-state index in [-0.39, 0.29) is 36.0 Å². The number of hydrogen-bond donors (Lipinski definition) is 1. The molecule has 1 fully saturated rings. The second kappa shape index (κ2) is 6.68. The lowest BCUT2D eigenvalue weighted by Crippen LogP contribution is -2.47. The first-order valence-corrected chi connectivity index (χ1v) is 10.4. The Labute approximate surface area is 159 Å². The second-order valence-corrected chi connectivity index (χ2v) is 9.54. The first-order valence-electron chi connectivity index (χ1n) is 8.61. The number of fused-ring (bicyclic) bond motifs is 1. The number of nitrogens with one attached hydrogen (secondary N) is 1. The highest BCUT2D eigenvalue weighted by atomic mass is 32.2. The number of hydrogen-bond acceptors (Lipinski definition) is 6. The average molecular weight is 419 g/mol. The molecule has 1 aliphatic heterocycles. The molecule has 0 bridgehead atoms. The van der Waals surface area contributed by atoms with E-state index in [0.717, 1.165) is 4.52 Å². The van der Waals surface area contributed by atoms with Crippen LogP contribution in [0.2, 0.25) is 0 Å². The second-order valence-electron chi connectivity index (χ2n) is 7.36. The zero-order chi connectivity index (χ0) is 20.9. The largest absolute Gasteiger partial charge is 0.453 e. The highest BCUT2D eigenvalue weighted by molar-refractivity contribution is 7.91. The highest BCUT2D eigenvalue weighted by Gasteiger charge is 2.39. The summed E-state index contributed by atoms with van der Waals surface area (Å²) in [5.41, 5.74) is 0.697. The summed E-state index contributed by atoms with van der Waals surface area (Å²) in [5, 5.41) is 6.23. The van der Waals surface area contributed by atoms with Crippen molar-refractivity contribution in [1.82, 2.24) is 24.9 Å². The predicted molar refractivity (Wildman–Crippen MR) is 93.4 cm³/mol. The minimum atomic E-state index is -4.68. The van der Waals surface area contributed by atoms with Crippen LogP contribution in [-0.2, 0) is 27.2 Å². The van der Waals surface area contributed by atoms with E-state index in [2.05, 4.69) is 20.4 Å². The summed E-state index contributed by atoms with van der Waals surface area (Å²) < 4.78 is 62.8. The molecule has 0 spiro atoms. The van der Waals surface area contributed by atoms with Crippen LogP contribution in [0, 0.1) is 13.8 Å². The Kier molecular flexibility index (Phi) is 4.89. The molecule has 0 aromatic carbocycles. The van der Waals surface area contributed by atoms with E-state index in [1.54, 1.807) is 20.8 Å². The van der Waals surface area contributed by atoms with Gasteiger partial charge in [0.15, 0.2) is 9.84 Å². The van der Waals surface area contributed by atoms with Gasteiger partial charge in [0.2, 0.25) is 5.91 Å². The minimum absolute atomic E-state index is 0.0381. The molecule has 1 saturated heterocycles. The summed E-state index contributed by atoms with van der Waals surface area (Å²) in [4.78, 5) is 19.8. The Balaban J connectivity index is 1.76. The van der Waals surface area contributed by atoms with Crippen molar-refractivity contribution < 1.29 is 26.4 Å². The van der Waals surface area contributed by atoms with Gasteiger partial charge in [-0.3, -0.25) is 4.79 Å². The molecule has 28 heavy (non-hydrogen) atoms. The molecule has 1 atom stereocenters. The summed E-state index contributed by atoms with van der Waals surface area (Å²) in [7, 11) is -3.15. The van der Waals surface area contributed by atoms with Crippen LogP contribution in [0.5, 0.6) is 0 Å². The summed E-state index contributed by atoms with van der Waals surface area (Å²) in [6.45, 7) is 4.91. The quantitative estimate of drug-likeness (QED) is 0.803. The number of amides is 1. The zero-order valence-electron chi connectivity index (χ0n) is 15.6. The third kappa shape index (κ3) is 4.10. The van der Waals surface area contributed by atoms with Crippen molar-refractivity contribution in [2.45, 2.75) is 51.7 Å². The molecule has 1 aliphatic rings. The lowest BCUT2D eigenvalue weighted by molar-refractivity contribution is -0.144. The maximum absolute atomic E-state index is 12.8. The third-order valence-corrected chi connectivity index (χ3v) is 6.75. The Bertz CT molecular complexity index is 1050. The van der Waals surface area contributed by atoms with Crippen molar-refractivity contribution in [2.24, 2.45) is 0 Å². The van der Waals surface area contributed by atoms with Gasteiger partial charge in [-0.2, -0.15) is 18.2 Å². The molecular weight excluding hydrogens is 399 g/mol. The smallest absolute Gasteiger partial charge is 0.350 e. The Morgan fingerprint density at radius 1 is 1.29 bits per heavy atom. The van der Waals surface area contributed by atoms with Crippen molar-refractivity contribution in [1.29, 1.82) is 0 Å². The third-order valence-electron chi connectivity index (χ3n) is 4.85. The van der Waals surface area contributed by atoms with Gasteiger partial charge >= 0.3 is 6.18 Å². The molecule has 8 nitrogen and oxygen atoms in total. The number of rotatable bonds is 4. The topological polar surface area (TPSA) is 106 Å². The van der Waals surface area contributed by atoms with Gasteiger partial charge in [0.25, 0.3) is 11.6 Å². The summed E-state index contributed by atoms with van der Waals surface area (Å²) in [5.74, 6) is -1.81. The molecule has 1 N–H and O–H groups in total. The molecule has 1 unspecified atom stereocenters. The number of aryl methyl sites for hydroxylation is 2. The molecule has 154 valence electrons. The van der Waals surface area contributed by atoms with Gasteiger partial charge in [-0.25, -0.2) is 17.9 Å². The van der Waals surface area contributed by atoms with Gasteiger partial charge in [-0.15, -0.1) is 5.10 Å². The fraction of sp³-hybridized carbons (Fsp3) is 0.625. The van der Waals surface area contributed by atoms with Crippen molar-refractivity contribution >= 4 is 21.5 Å². The molecule has 0 aliphatic carbocycles. The van der Waals surface area contributed by atoms with Gasteiger partial charge in [0.05, 0.1) is 17.0 Å².